The Morgan fingerprint density at radius 3 is 3.00 bits per heavy atom. The van der Waals surface area contributed by atoms with Crippen LogP contribution in [0.3, 0.4) is 0 Å². The predicted molar refractivity (Wildman–Crippen MR) is 85.3 cm³/mol. The molecule has 0 aliphatic carbocycles. The molecule has 23 heavy (non-hydrogen) atoms. The summed E-state index contributed by atoms with van der Waals surface area (Å²) in [5, 5.41) is 6.98. The van der Waals surface area contributed by atoms with Gasteiger partial charge in [-0.2, -0.15) is 5.10 Å². The van der Waals surface area contributed by atoms with E-state index in [1.165, 1.54) is 0 Å². The molecule has 3 rings (SSSR count). The fourth-order valence-corrected chi connectivity index (χ4v) is 2.82. The number of amides is 1. The van der Waals surface area contributed by atoms with Gasteiger partial charge in [-0.3, -0.25) is 14.5 Å². The molecule has 122 valence electrons. The first kappa shape index (κ1) is 15.6. The van der Waals surface area contributed by atoms with Crippen molar-refractivity contribution in [3.63, 3.8) is 0 Å². The third kappa shape index (κ3) is 2.96. The molecule has 3 N–H and O–H groups in total. The van der Waals surface area contributed by atoms with Gasteiger partial charge in [-0.05, 0) is 25.0 Å². The van der Waals surface area contributed by atoms with E-state index in [-0.39, 0.29) is 18.4 Å². The summed E-state index contributed by atoms with van der Waals surface area (Å²) >= 11 is 0. The summed E-state index contributed by atoms with van der Waals surface area (Å²) in [5.41, 5.74) is 9.02. The van der Waals surface area contributed by atoms with Gasteiger partial charge in [-0.25, -0.2) is 4.39 Å². The summed E-state index contributed by atoms with van der Waals surface area (Å²) in [6.45, 7) is 1.59. The van der Waals surface area contributed by atoms with Gasteiger partial charge < -0.3 is 11.1 Å². The van der Waals surface area contributed by atoms with E-state index >= 15 is 0 Å². The minimum Gasteiger partial charge on any atom is -0.323 e. The molecule has 0 saturated heterocycles. The van der Waals surface area contributed by atoms with Crippen molar-refractivity contribution in [2.75, 3.05) is 5.32 Å². The number of aromatic nitrogens is 3. The summed E-state index contributed by atoms with van der Waals surface area (Å²) in [5.74, 6) is -1.10. The summed E-state index contributed by atoms with van der Waals surface area (Å²) in [4.78, 5) is 16.6. The maximum atomic E-state index is 14.3. The number of halogens is 1. The molecular formula is C16H20FN5O. The van der Waals surface area contributed by atoms with Crippen molar-refractivity contribution in [2.45, 2.75) is 32.0 Å². The number of anilines is 1. The number of alkyl halides is 1. The van der Waals surface area contributed by atoms with Crippen LogP contribution in [-0.2, 0) is 11.8 Å². The molecule has 0 saturated carbocycles. The second-order valence-electron chi connectivity index (χ2n) is 5.98. The van der Waals surface area contributed by atoms with Crippen molar-refractivity contribution in [3.8, 4) is 11.3 Å². The van der Waals surface area contributed by atoms with E-state index in [0.717, 1.165) is 11.3 Å². The Balaban J connectivity index is 2.11. The third-order valence-corrected chi connectivity index (χ3v) is 4.34. The van der Waals surface area contributed by atoms with Crippen LogP contribution in [-0.4, -0.2) is 26.8 Å². The van der Waals surface area contributed by atoms with E-state index in [1.54, 1.807) is 31.0 Å². The average molecular weight is 317 g/mol. The molecule has 2 bridgehead atoms. The van der Waals surface area contributed by atoms with Crippen molar-refractivity contribution in [2.24, 2.45) is 18.7 Å². The SMILES string of the molecule is C[C@H]1C(=O)Nc2cnn(C)c2-c2ccnc(c2)C(N)CCC1F. The van der Waals surface area contributed by atoms with Crippen LogP contribution in [0.25, 0.3) is 11.3 Å². The van der Waals surface area contributed by atoms with Crippen molar-refractivity contribution >= 4 is 11.6 Å². The molecule has 6 nitrogen and oxygen atoms in total. The maximum absolute atomic E-state index is 14.3. The number of pyridine rings is 1. The van der Waals surface area contributed by atoms with Gasteiger partial charge in [0.25, 0.3) is 0 Å². The highest BCUT2D eigenvalue weighted by Crippen LogP contribution is 2.31. The van der Waals surface area contributed by atoms with Gasteiger partial charge >= 0.3 is 0 Å². The van der Waals surface area contributed by atoms with Gasteiger partial charge in [0, 0.05) is 24.8 Å². The van der Waals surface area contributed by atoms with Crippen molar-refractivity contribution in [1.82, 2.24) is 14.8 Å². The average Bonchev–Trinajstić information content (AvgIpc) is 2.91. The molecule has 1 aliphatic rings. The van der Waals surface area contributed by atoms with Crippen LogP contribution in [0.2, 0.25) is 0 Å². The number of hydrogen-bond donors (Lipinski definition) is 2. The number of nitrogens with zero attached hydrogens (tertiary/aromatic N) is 3. The van der Waals surface area contributed by atoms with E-state index in [9.17, 15) is 9.18 Å². The predicted octanol–water partition coefficient (Wildman–Crippen LogP) is 2.19. The van der Waals surface area contributed by atoms with Gasteiger partial charge in [0.2, 0.25) is 5.91 Å². The molecule has 0 radical (unpaired) electrons. The van der Waals surface area contributed by atoms with Crippen LogP contribution in [0.5, 0.6) is 0 Å². The summed E-state index contributed by atoms with van der Waals surface area (Å²) < 4.78 is 16.0. The highest BCUT2D eigenvalue weighted by Gasteiger charge is 2.27. The van der Waals surface area contributed by atoms with Crippen molar-refractivity contribution in [3.05, 3.63) is 30.2 Å². The van der Waals surface area contributed by atoms with Gasteiger partial charge in [0.05, 0.1) is 29.2 Å². The molecule has 2 unspecified atom stereocenters. The van der Waals surface area contributed by atoms with Crippen LogP contribution in [0.1, 0.15) is 31.5 Å². The lowest BCUT2D eigenvalue weighted by Crippen LogP contribution is -2.29. The maximum Gasteiger partial charge on any atom is 0.230 e. The molecule has 0 fully saturated rings. The monoisotopic (exact) mass is 317 g/mol. The van der Waals surface area contributed by atoms with Crippen molar-refractivity contribution < 1.29 is 9.18 Å². The molecule has 3 atom stereocenters. The van der Waals surface area contributed by atoms with Crippen LogP contribution in [0, 0.1) is 5.92 Å². The van der Waals surface area contributed by atoms with Crippen LogP contribution in [0.4, 0.5) is 10.1 Å². The number of nitrogens with one attached hydrogen (secondary N) is 1. The number of rotatable bonds is 0. The van der Waals surface area contributed by atoms with E-state index in [4.69, 9.17) is 5.73 Å². The molecular weight excluding hydrogens is 297 g/mol. The number of carbonyl (C=O) groups excluding carboxylic acids is 1. The van der Waals surface area contributed by atoms with E-state index in [1.807, 2.05) is 12.1 Å². The molecule has 2 aromatic rings. The number of fused-ring (bicyclic) bond motifs is 4. The molecule has 0 spiro atoms. The fourth-order valence-electron chi connectivity index (χ4n) is 2.82. The Labute approximate surface area is 133 Å². The summed E-state index contributed by atoms with van der Waals surface area (Å²) in [7, 11) is 1.79. The van der Waals surface area contributed by atoms with E-state index < -0.39 is 12.1 Å². The number of aryl methyl sites for hydroxylation is 1. The Morgan fingerprint density at radius 2 is 2.22 bits per heavy atom. The highest BCUT2D eigenvalue weighted by molar-refractivity contribution is 5.96. The minimum absolute atomic E-state index is 0.224. The fraction of sp³-hybridized carbons (Fsp3) is 0.438. The van der Waals surface area contributed by atoms with E-state index in [0.29, 0.717) is 17.8 Å². The number of nitrogens with two attached hydrogens (primary N) is 1. The molecule has 0 aromatic carbocycles. The topological polar surface area (TPSA) is 85.8 Å². The molecule has 1 amide bonds. The standard InChI is InChI=1S/C16H20FN5O/c1-9-11(17)3-4-12(18)13-7-10(5-6-19-13)15-14(21-16(9)23)8-20-22(15)2/h5-9,11-12H,3-4,18H2,1-2H3,(H,21,23)/t9-,11?,12?/m1/s1. The van der Waals surface area contributed by atoms with E-state index in [2.05, 4.69) is 15.4 Å². The van der Waals surface area contributed by atoms with Gasteiger partial charge in [0.15, 0.2) is 0 Å². The molecule has 7 heteroatoms. The largest absolute Gasteiger partial charge is 0.323 e. The first-order chi connectivity index (χ1) is 11.0. The van der Waals surface area contributed by atoms with Crippen LogP contribution < -0.4 is 11.1 Å². The number of carbonyl (C=O) groups is 1. The van der Waals surface area contributed by atoms with Crippen LogP contribution in [0.15, 0.2) is 24.5 Å². The lowest BCUT2D eigenvalue weighted by molar-refractivity contribution is -0.121. The highest BCUT2D eigenvalue weighted by atomic mass is 19.1. The first-order valence-corrected chi connectivity index (χ1v) is 7.66. The lowest BCUT2D eigenvalue weighted by Gasteiger charge is -2.20. The third-order valence-electron chi connectivity index (χ3n) is 4.34. The van der Waals surface area contributed by atoms with Gasteiger partial charge in [0.1, 0.15) is 6.17 Å². The Kier molecular flexibility index (Phi) is 4.12. The smallest absolute Gasteiger partial charge is 0.230 e. The zero-order valence-corrected chi connectivity index (χ0v) is 13.2. The van der Waals surface area contributed by atoms with Crippen LogP contribution >= 0.6 is 0 Å². The summed E-state index contributed by atoms with van der Waals surface area (Å²) in [6, 6.07) is 3.35. The Hall–Kier alpha value is -2.28. The van der Waals surface area contributed by atoms with Gasteiger partial charge in [-0.15, -0.1) is 0 Å². The minimum atomic E-state index is -1.25. The van der Waals surface area contributed by atoms with Crippen molar-refractivity contribution in [1.29, 1.82) is 0 Å². The second-order valence-corrected chi connectivity index (χ2v) is 5.98. The quantitative estimate of drug-likeness (QED) is 0.780. The molecule has 2 aromatic heterocycles. The molecule has 3 heterocycles. The Bertz CT molecular complexity index is 729. The normalized spacial score (nSPS) is 25.0. The number of hydrogen-bond acceptors (Lipinski definition) is 4. The lowest BCUT2D eigenvalue weighted by atomic mass is 9.96. The zero-order chi connectivity index (χ0) is 16.6. The second kappa shape index (κ2) is 6.08. The summed E-state index contributed by atoms with van der Waals surface area (Å²) in [6.07, 6.45) is 2.65. The van der Waals surface area contributed by atoms with Gasteiger partial charge in [-0.1, -0.05) is 6.92 Å². The first-order valence-electron chi connectivity index (χ1n) is 7.66. The Morgan fingerprint density at radius 1 is 1.43 bits per heavy atom. The zero-order valence-electron chi connectivity index (χ0n) is 13.2. The molecule has 1 aliphatic heterocycles.